The van der Waals surface area contributed by atoms with E-state index in [2.05, 4.69) is 28.9 Å². The van der Waals surface area contributed by atoms with E-state index in [1.165, 1.54) is 13.1 Å². The molecule has 126 valence electrons. The molecule has 23 heavy (non-hydrogen) atoms. The van der Waals surface area contributed by atoms with Crippen LogP contribution in [0.4, 0.5) is 0 Å². The second-order valence-electron chi connectivity index (χ2n) is 5.20. The van der Waals surface area contributed by atoms with Crippen LogP contribution in [0, 0.1) is 0 Å². The smallest absolute Gasteiger partial charge is 0.273 e. The maximum atomic E-state index is 12.0. The van der Waals surface area contributed by atoms with Crippen molar-refractivity contribution < 1.29 is 17.6 Å². The summed E-state index contributed by atoms with van der Waals surface area (Å²) in [5.41, 5.74) is 1.10. The third-order valence-corrected chi connectivity index (χ3v) is 5.58. The van der Waals surface area contributed by atoms with Crippen LogP contribution in [-0.4, -0.2) is 32.9 Å². The maximum Gasteiger partial charge on any atom is 0.273 e. The van der Waals surface area contributed by atoms with Gasteiger partial charge in [0.05, 0.1) is 16.3 Å². The van der Waals surface area contributed by atoms with Crippen molar-refractivity contribution in [2.24, 2.45) is 0 Å². The minimum atomic E-state index is -3.69. The summed E-state index contributed by atoms with van der Waals surface area (Å²) in [7, 11) is -2.41. The minimum Gasteiger partial charge on any atom is -0.451 e. The third-order valence-electron chi connectivity index (χ3n) is 3.10. The van der Waals surface area contributed by atoms with Crippen LogP contribution >= 0.6 is 11.3 Å². The van der Waals surface area contributed by atoms with Crippen molar-refractivity contribution >= 4 is 27.3 Å². The average Bonchev–Trinajstić information content (AvgIpc) is 3.16. The standard InChI is InChI=1S/C14H19N3O4S2/c1-9(2)14-17-11(8-22-14)4-5-16-13(18)10-6-12(21-7-10)23(19,20)15-3/h6-9,15H,4-5H2,1-3H3,(H,16,18). The number of nitrogens with zero attached hydrogens (tertiary/aromatic N) is 1. The Bertz CT molecular complexity index is 778. The average molecular weight is 357 g/mol. The van der Waals surface area contributed by atoms with Gasteiger partial charge in [-0.15, -0.1) is 11.3 Å². The zero-order chi connectivity index (χ0) is 17.0. The van der Waals surface area contributed by atoms with Gasteiger partial charge in [0.25, 0.3) is 15.9 Å². The number of rotatable bonds is 7. The molecule has 2 aromatic heterocycles. The zero-order valence-corrected chi connectivity index (χ0v) is 14.8. The number of hydrogen-bond acceptors (Lipinski definition) is 6. The van der Waals surface area contributed by atoms with Crippen LogP contribution in [0.15, 0.2) is 27.2 Å². The molecule has 2 rings (SSSR count). The van der Waals surface area contributed by atoms with Gasteiger partial charge in [-0.05, 0) is 7.05 Å². The Labute approximate surface area is 139 Å². The van der Waals surface area contributed by atoms with Gasteiger partial charge in [0.2, 0.25) is 5.09 Å². The number of furan rings is 1. The fraction of sp³-hybridized carbons (Fsp3) is 0.429. The van der Waals surface area contributed by atoms with Gasteiger partial charge >= 0.3 is 0 Å². The summed E-state index contributed by atoms with van der Waals surface area (Å²) in [4.78, 5) is 16.5. The molecule has 0 aliphatic rings. The lowest BCUT2D eigenvalue weighted by Gasteiger charge is -2.01. The van der Waals surface area contributed by atoms with Gasteiger partial charge in [0.15, 0.2) is 0 Å². The predicted molar refractivity (Wildman–Crippen MR) is 87.2 cm³/mol. The van der Waals surface area contributed by atoms with E-state index in [4.69, 9.17) is 4.42 Å². The van der Waals surface area contributed by atoms with Crippen molar-refractivity contribution in [3.63, 3.8) is 0 Å². The molecule has 0 radical (unpaired) electrons. The molecule has 0 saturated heterocycles. The van der Waals surface area contributed by atoms with Gasteiger partial charge < -0.3 is 9.73 Å². The second-order valence-corrected chi connectivity index (χ2v) is 7.91. The molecule has 0 unspecified atom stereocenters. The highest BCUT2D eigenvalue weighted by atomic mass is 32.2. The van der Waals surface area contributed by atoms with Crippen LogP contribution in [0.2, 0.25) is 0 Å². The second kappa shape index (κ2) is 7.24. The number of aromatic nitrogens is 1. The highest BCUT2D eigenvalue weighted by Gasteiger charge is 2.19. The first-order chi connectivity index (χ1) is 10.8. The Morgan fingerprint density at radius 1 is 1.43 bits per heavy atom. The minimum absolute atomic E-state index is 0.167. The summed E-state index contributed by atoms with van der Waals surface area (Å²) < 4.78 is 30.1. The highest BCUT2D eigenvalue weighted by molar-refractivity contribution is 7.89. The van der Waals surface area contributed by atoms with Crippen LogP contribution < -0.4 is 10.0 Å². The van der Waals surface area contributed by atoms with Gasteiger partial charge in [-0.3, -0.25) is 4.79 Å². The highest BCUT2D eigenvalue weighted by Crippen LogP contribution is 2.19. The molecule has 2 heterocycles. The van der Waals surface area contributed by atoms with Crippen LogP contribution in [0.5, 0.6) is 0 Å². The lowest BCUT2D eigenvalue weighted by atomic mass is 10.2. The summed E-state index contributed by atoms with van der Waals surface area (Å²) in [6, 6.07) is 1.20. The van der Waals surface area contributed by atoms with Gasteiger partial charge in [0.1, 0.15) is 6.26 Å². The number of sulfonamides is 1. The zero-order valence-electron chi connectivity index (χ0n) is 13.1. The molecule has 9 heteroatoms. The molecule has 0 aromatic carbocycles. The first-order valence-electron chi connectivity index (χ1n) is 7.08. The van der Waals surface area contributed by atoms with Crippen LogP contribution in [0.1, 0.15) is 40.8 Å². The fourth-order valence-corrected chi connectivity index (χ4v) is 3.31. The molecule has 0 spiro atoms. The van der Waals surface area contributed by atoms with Gasteiger partial charge in [-0.1, -0.05) is 13.8 Å². The topological polar surface area (TPSA) is 101 Å². The monoisotopic (exact) mass is 357 g/mol. The maximum absolute atomic E-state index is 12.0. The first-order valence-corrected chi connectivity index (χ1v) is 9.44. The third kappa shape index (κ3) is 4.40. The first kappa shape index (κ1) is 17.6. The number of hydrogen-bond donors (Lipinski definition) is 2. The number of thiazole rings is 1. The van der Waals surface area contributed by atoms with E-state index in [0.29, 0.717) is 18.9 Å². The molecule has 0 bridgehead atoms. The van der Waals surface area contributed by atoms with Crippen molar-refractivity contribution in [2.75, 3.05) is 13.6 Å². The molecule has 0 atom stereocenters. The Morgan fingerprint density at radius 3 is 2.78 bits per heavy atom. The molecule has 2 aromatic rings. The van der Waals surface area contributed by atoms with Crippen LogP contribution in [0.3, 0.4) is 0 Å². The van der Waals surface area contributed by atoms with E-state index in [0.717, 1.165) is 17.0 Å². The summed E-state index contributed by atoms with van der Waals surface area (Å²) in [5.74, 6) is 0.00688. The van der Waals surface area contributed by atoms with Crippen LogP contribution in [0.25, 0.3) is 0 Å². The van der Waals surface area contributed by atoms with Crippen molar-refractivity contribution in [1.29, 1.82) is 0 Å². The number of nitrogens with one attached hydrogen (secondary N) is 2. The largest absolute Gasteiger partial charge is 0.451 e. The van der Waals surface area contributed by atoms with Gasteiger partial charge in [-0.25, -0.2) is 18.1 Å². The molecule has 0 aliphatic carbocycles. The SMILES string of the molecule is CNS(=O)(=O)c1cc(C(=O)NCCc2csc(C(C)C)n2)co1. The predicted octanol–water partition coefficient (Wildman–Crippen LogP) is 1.74. The van der Waals surface area contributed by atoms with E-state index >= 15 is 0 Å². The van der Waals surface area contributed by atoms with E-state index in [1.807, 2.05) is 5.38 Å². The molecule has 1 amide bonds. The Morgan fingerprint density at radius 2 is 2.17 bits per heavy atom. The lowest BCUT2D eigenvalue weighted by Crippen LogP contribution is -2.25. The summed E-state index contributed by atoms with van der Waals surface area (Å²) in [5, 5.41) is 5.49. The van der Waals surface area contributed by atoms with E-state index in [1.54, 1.807) is 11.3 Å². The van der Waals surface area contributed by atoms with Gasteiger partial charge in [-0.2, -0.15) is 0 Å². The normalized spacial score (nSPS) is 11.8. The van der Waals surface area contributed by atoms with Gasteiger partial charge in [0, 0.05) is 30.3 Å². The number of amides is 1. The van der Waals surface area contributed by atoms with E-state index in [-0.39, 0.29) is 16.6 Å². The summed E-state index contributed by atoms with van der Waals surface area (Å²) in [6.45, 7) is 4.58. The molecule has 7 nitrogen and oxygen atoms in total. The molecular weight excluding hydrogens is 338 g/mol. The van der Waals surface area contributed by atoms with Crippen molar-refractivity contribution in [3.8, 4) is 0 Å². The summed E-state index contributed by atoms with van der Waals surface area (Å²) in [6.07, 6.45) is 1.74. The number of carbonyl (C=O) groups excluding carboxylic acids is 1. The van der Waals surface area contributed by atoms with Crippen LogP contribution in [-0.2, 0) is 16.4 Å². The quantitative estimate of drug-likeness (QED) is 0.786. The molecule has 0 aliphatic heterocycles. The number of carbonyl (C=O) groups is 1. The fourth-order valence-electron chi connectivity index (χ4n) is 1.79. The van der Waals surface area contributed by atoms with Crippen molar-refractivity contribution in [1.82, 2.24) is 15.0 Å². The van der Waals surface area contributed by atoms with E-state index in [9.17, 15) is 13.2 Å². The van der Waals surface area contributed by atoms with Crippen molar-refractivity contribution in [2.45, 2.75) is 31.3 Å². The summed E-state index contributed by atoms with van der Waals surface area (Å²) >= 11 is 1.61. The lowest BCUT2D eigenvalue weighted by molar-refractivity contribution is 0.0953. The molecule has 0 fully saturated rings. The Kier molecular flexibility index (Phi) is 5.55. The Hall–Kier alpha value is -1.71. The van der Waals surface area contributed by atoms with E-state index < -0.39 is 10.0 Å². The molecule has 2 N–H and O–H groups in total. The molecule has 0 saturated carbocycles. The molecular formula is C14H19N3O4S2. The Balaban J connectivity index is 1.90. The van der Waals surface area contributed by atoms with Crippen molar-refractivity contribution in [3.05, 3.63) is 34.0 Å².